The zero-order chi connectivity index (χ0) is 13.0. The van der Waals surface area contributed by atoms with Crippen LogP contribution in [0.2, 0.25) is 0 Å². The minimum Gasteiger partial charge on any atom is -0.378 e. The van der Waals surface area contributed by atoms with Crippen molar-refractivity contribution < 1.29 is 4.74 Å². The first-order valence-electron chi connectivity index (χ1n) is 5.74. The van der Waals surface area contributed by atoms with Crippen molar-refractivity contribution in [1.82, 2.24) is 15.1 Å². The van der Waals surface area contributed by atoms with Gasteiger partial charge >= 0.3 is 0 Å². The lowest BCUT2D eigenvalue weighted by Gasteiger charge is -2.26. The fraction of sp³-hybridized carbons (Fsp3) is 0.545. The van der Waals surface area contributed by atoms with Gasteiger partial charge in [-0.25, -0.2) is 4.99 Å². The number of ether oxygens (including phenoxy) is 1. The predicted molar refractivity (Wildman–Crippen MR) is 68.2 cm³/mol. The highest BCUT2D eigenvalue weighted by Gasteiger charge is 2.20. The molecule has 7 heteroatoms. The molecule has 2 heterocycles. The maximum Gasteiger partial charge on any atom is 0.170 e. The van der Waals surface area contributed by atoms with Gasteiger partial charge < -0.3 is 14.5 Å². The number of aromatic amines is 1. The summed E-state index contributed by atoms with van der Waals surface area (Å²) in [6, 6.07) is 2.16. The first-order chi connectivity index (χ1) is 8.72. The number of nitriles is 1. The summed E-state index contributed by atoms with van der Waals surface area (Å²) in [5, 5.41) is 16.2. The molecule has 0 aromatic carbocycles. The summed E-state index contributed by atoms with van der Waals surface area (Å²) < 4.78 is 5.28. The molecule has 1 saturated heterocycles. The molecule has 1 N–H and O–H groups in total. The molecule has 0 aliphatic carbocycles. The minimum atomic E-state index is 0.481. The van der Waals surface area contributed by atoms with Crippen LogP contribution in [0.5, 0.6) is 0 Å². The molecule has 0 unspecified atom stereocenters. The van der Waals surface area contributed by atoms with Gasteiger partial charge in [0.1, 0.15) is 11.6 Å². The Kier molecular flexibility index (Phi) is 3.79. The molecule has 0 saturated carbocycles. The van der Waals surface area contributed by atoms with E-state index >= 15 is 0 Å². The molecule has 0 amide bonds. The molecule has 96 valence electrons. The highest BCUT2D eigenvalue weighted by atomic mass is 16.5. The van der Waals surface area contributed by atoms with Crippen LogP contribution in [0.3, 0.4) is 0 Å². The third-order valence-corrected chi connectivity index (χ3v) is 2.57. The van der Waals surface area contributed by atoms with Gasteiger partial charge in [0.25, 0.3) is 0 Å². The van der Waals surface area contributed by atoms with Gasteiger partial charge in [-0.15, -0.1) is 0 Å². The standard InChI is InChI=1S/C11H16N6O/c1-16(2)8-13-10-9(7-12)11(15-14-10)17-3-5-18-6-4-17/h8H,3-6H2,1-2H3,(H,14,15)/b13-8-. The smallest absolute Gasteiger partial charge is 0.170 e. The second-order valence-electron chi connectivity index (χ2n) is 4.19. The maximum absolute atomic E-state index is 9.23. The van der Waals surface area contributed by atoms with Crippen molar-refractivity contribution in [1.29, 1.82) is 5.26 Å². The summed E-state index contributed by atoms with van der Waals surface area (Å²) in [6.45, 7) is 2.81. The number of nitrogens with zero attached hydrogens (tertiary/aromatic N) is 5. The summed E-state index contributed by atoms with van der Waals surface area (Å²) >= 11 is 0. The lowest BCUT2D eigenvalue weighted by Crippen LogP contribution is -2.36. The Morgan fingerprint density at radius 1 is 1.50 bits per heavy atom. The molecule has 18 heavy (non-hydrogen) atoms. The average molecular weight is 248 g/mol. The Hall–Kier alpha value is -2.07. The second kappa shape index (κ2) is 5.51. The molecule has 7 nitrogen and oxygen atoms in total. The average Bonchev–Trinajstić information content (AvgIpc) is 2.80. The van der Waals surface area contributed by atoms with Crippen LogP contribution in [-0.2, 0) is 4.74 Å². The number of H-pyrrole nitrogens is 1. The molecule has 0 radical (unpaired) electrons. The summed E-state index contributed by atoms with van der Waals surface area (Å²) in [5.74, 6) is 1.15. The molecule has 0 bridgehead atoms. The van der Waals surface area contributed by atoms with E-state index in [4.69, 9.17) is 4.74 Å². The van der Waals surface area contributed by atoms with Crippen molar-refractivity contribution in [3.05, 3.63) is 5.56 Å². The van der Waals surface area contributed by atoms with Crippen molar-refractivity contribution in [2.24, 2.45) is 4.99 Å². The van der Waals surface area contributed by atoms with E-state index in [0.717, 1.165) is 13.1 Å². The second-order valence-corrected chi connectivity index (χ2v) is 4.19. The van der Waals surface area contributed by atoms with E-state index in [0.29, 0.717) is 30.4 Å². The Bertz CT molecular complexity index is 466. The topological polar surface area (TPSA) is 80.5 Å². The fourth-order valence-electron chi connectivity index (χ4n) is 1.70. The van der Waals surface area contributed by atoms with Crippen molar-refractivity contribution in [3.8, 4) is 6.07 Å². The van der Waals surface area contributed by atoms with Crippen LogP contribution in [0.25, 0.3) is 0 Å². The highest BCUT2D eigenvalue weighted by molar-refractivity contribution is 5.68. The minimum absolute atomic E-state index is 0.481. The van der Waals surface area contributed by atoms with E-state index in [1.807, 2.05) is 19.0 Å². The fourth-order valence-corrected chi connectivity index (χ4v) is 1.70. The van der Waals surface area contributed by atoms with Crippen LogP contribution in [-0.4, -0.2) is 61.8 Å². The van der Waals surface area contributed by atoms with E-state index in [2.05, 4.69) is 21.3 Å². The van der Waals surface area contributed by atoms with Crippen LogP contribution in [0.1, 0.15) is 5.56 Å². The maximum atomic E-state index is 9.23. The van der Waals surface area contributed by atoms with Gasteiger partial charge in [0.15, 0.2) is 11.6 Å². The number of rotatable bonds is 3. The molecule has 1 fully saturated rings. The molecule has 1 aliphatic heterocycles. The third-order valence-electron chi connectivity index (χ3n) is 2.57. The Labute approximate surface area is 106 Å². The van der Waals surface area contributed by atoms with Crippen LogP contribution in [0.4, 0.5) is 11.6 Å². The largest absolute Gasteiger partial charge is 0.378 e. The van der Waals surface area contributed by atoms with E-state index in [1.54, 1.807) is 11.2 Å². The molecule has 2 rings (SSSR count). The van der Waals surface area contributed by atoms with Crippen molar-refractivity contribution in [3.63, 3.8) is 0 Å². The van der Waals surface area contributed by atoms with E-state index < -0.39 is 0 Å². The molecular formula is C11H16N6O. The van der Waals surface area contributed by atoms with Gasteiger partial charge in [-0.05, 0) is 0 Å². The van der Waals surface area contributed by atoms with E-state index in [-0.39, 0.29) is 0 Å². The molecule has 1 aliphatic rings. The normalized spacial score (nSPS) is 15.9. The zero-order valence-corrected chi connectivity index (χ0v) is 10.6. The van der Waals surface area contributed by atoms with E-state index in [1.165, 1.54) is 0 Å². The van der Waals surface area contributed by atoms with Crippen molar-refractivity contribution in [2.45, 2.75) is 0 Å². The van der Waals surface area contributed by atoms with Crippen LogP contribution >= 0.6 is 0 Å². The molecule has 1 aromatic heterocycles. The third kappa shape index (κ3) is 2.60. The lowest BCUT2D eigenvalue weighted by atomic mass is 10.3. The molecule has 1 aromatic rings. The number of morpholine rings is 1. The summed E-state index contributed by atoms with van der Waals surface area (Å²) in [5.41, 5.74) is 0.481. The number of hydrogen-bond acceptors (Lipinski definition) is 5. The lowest BCUT2D eigenvalue weighted by molar-refractivity contribution is 0.122. The first kappa shape index (κ1) is 12.4. The van der Waals surface area contributed by atoms with Crippen LogP contribution in [0, 0.1) is 11.3 Å². The number of anilines is 1. The highest BCUT2D eigenvalue weighted by Crippen LogP contribution is 2.26. The Balaban J connectivity index is 2.24. The number of aromatic nitrogens is 2. The molecule has 0 spiro atoms. The summed E-state index contributed by atoms with van der Waals surface area (Å²) in [7, 11) is 3.74. The summed E-state index contributed by atoms with van der Waals surface area (Å²) in [4.78, 5) is 8.03. The van der Waals surface area contributed by atoms with Gasteiger partial charge in [-0.1, -0.05) is 0 Å². The Morgan fingerprint density at radius 3 is 2.83 bits per heavy atom. The quantitative estimate of drug-likeness (QED) is 0.616. The van der Waals surface area contributed by atoms with Crippen LogP contribution in [0.15, 0.2) is 4.99 Å². The van der Waals surface area contributed by atoms with Gasteiger partial charge in [-0.2, -0.15) is 10.4 Å². The first-order valence-corrected chi connectivity index (χ1v) is 5.74. The van der Waals surface area contributed by atoms with Gasteiger partial charge in [0.2, 0.25) is 0 Å². The Morgan fingerprint density at radius 2 is 2.22 bits per heavy atom. The number of hydrogen-bond donors (Lipinski definition) is 1. The summed E-state index contributed by atoms with van der Waals surface area (Å²) in [6.07, 6.45) is 1.64. The monoisotopic (exact) mass is 248 g/mol. The molecular weight excluding hydrogens is 232 g/mol. The van der Waals surface area contributed by atoms with Gasteiger partial charge in [0.05, 0.1) is 19.6 Å². The van der Waals surface area contributed by atoms with Gasteiger partial charge in [0, 0.05) is 27.2 Å². The number of aliphatic imine (C=N–C) groups is 1. The number of nitrogens with one attached hydrogen (secondary N) is 1. The molecule has 0 atom stereocenters. The van der Waals surface area contributed by atoms with Crippen molar-refractivity contribution in [2.75, 3.05) is 45.3 Å². The van der Waals surface area contributed by atoms with Crippen molar-refractivity contribution >= 4 is 18.0 Å². The van der Waals surface area contributed by atoms with E-state index in [9.17, 15) is 5.26 Å². The predicted octanol–water partition coefficient (Wildman–Crippen LogP) is 0.339. The van der Waals surface area contributed by atoms with Gasteiger partial charge in [-0.3, -0.25) is 5.10 Å². The SMILES string of the molecule is CN(C)/C=N\c1[nH]nc(N2CCOCC2)c1C#N. The van der Waals surface area contributed by atoms with Crippen LogP contribution < -0.4 is 4.90 Å². The zero-order valence-electron chi connectivity index (χ0n) is 10.6.